The standard InChI is InChI=1S/C17H35NO3/c1-16(2,3)15-5-7-17(18,8-6-15)9-10-20-13-14-21-12-11-19-4/h15H,5-14,18H2,1-4H3. The molecule has 2 N–H and O–H groups in total. The van der Waals surface area contributed by atoms with Gasteiger partial charge in [-0.15, -0.1) is 0 Å². The van der Waals surface area contributed by atoms with Gasteiger partial charge in [0.1, 0.15) is 0 Å². The van der Waals surface area contributed by atoms with E-state index >= 15 is 0 Å². The first kappa shape index (κ1) is 18.9. The minimum Gasteiger partial charge on any atom is -0.382 e. The molecule has 0 saturated heterocycles. The molecular formula is C17H35NO3. The van der Waals surface area contributed by atoms with Crippen LogP contribution in [0.1, 0.15) is 52.9 Å². The van der Waals surface area contributed by atoms with E-state index in [2.05, 4.69) is 20.8 Å². The van der Waals surface area contributed by atoms with Crippen LogP contribution in [0, 0.1) is 11.3 Å². The lowest BCUT2D eigenvalue weighted by Crippen LogP contribution is -2.45. The molecule has 4 nitrogen and oxygen atoms in total. The van der Waals surface area contributed by atoms with Crippen LogP contribution in [0.4, 0.5) is 0 Å². The Hall–Kier alpha value is -0.160. The second-order valence-electron chi connectivity index (χ2n) is 7.47. The molecular weight excluding hydrogens is 266 g/mol. The molecule has 1 saturated carbocycles. The first-order valence-corrected chi connectivity index (χ1v) is 8.31. The highest BCUT2D eigenvalue weighted by atomic mass is 16.5. The predicted molar refractivity (Wildman–Crippen MR) is 86.5 cm³/mol. The highest BCUT2D eigenvalue weighted by Gasteiger charge is 2.35. The fourth-order valence-corrected chi connectivity index (χ4v) is 3.05. The monoisotopic (exact) mass is 301 g/mol. The summed E-state index contributed by atoms with van der Waals surface area (Å²) in [5, 5.41) is 0. The van der Waals surface area contributed by atoms with Crippen LogP contribution in [0.15, 0.2) is 0 Å². The summed E-state index contributed by atoms with van der Waals surface area (Å²) in [7, 11) is 1.68. The Kier molecular flexibility index (Phi) is 8.17. The Morgan fingerprint density at radius 2 is 1.48 bits per heavy atom. The highest BCUT2D eigenvalue weighted by molar-refractivity contribution is 4.92. The van der Waals surface area contributed by atoms with Crippen molar-refractivity contribution < 1.29 is 14.2 Å². The third-order valence-electron chi connectivity index (χ3n) is 4.75. The maximum absolute atomic E-state index is 6.52. The minimum absolute atomic E-state index is 0.0152. The van der Waals surface area contributed by atoms with E-state index in [0.29, 0.717) is 31.8 Å². The topological polar surface area (TPSA) is 53.7 Å². The third kappa shape index (κ3) is 7.59. The number of hydrogen-bond donors (Lipinski definition) is 1. The average Bonchev–Trinajstić information content (AvgIpc) is 2.41. The maximum Gasteiger partial charge on any atom is 0.0701 e. The van der Waals surface area contributed by atoms with Crippen molar-refractivity contribution in [2.75, 3.05) is 40.1 Å². The highest BCUT2D eigenvalue weighted by Crippen LogP contribution is 2.41. The van der Waals surface area contributed by atoms with E-state index < -0.39 is 0 Å². The van der Waals surface area contributed by atoms with Gasteiger partial charge in [0, 0.05) is 19.3 Å². The summed E-state index contributed by atoms with van der Waals surface area (Å²) >= 11 is 0. The molecule has 1 aliphatic rings. The molecule has 1 fully saturated rings. The number of methoxy groups -OCH3 is 1. The molecule has 126 valence electrons. The van der Waals surface area contributed by atoms with Gasteiger partial charge in [-0.25, -0.2) is 0 Å². The molecule has 1 aliphatic carbocycles. The van der Waals surface area contributed by atoms with Crippen molar-refractivity contribution in [3.63, 3.8) is 0 Å². The van der Waals surface area contributed by atoms with Gasteiger partial charge in [-0.05, 0) is 43.4 Å². The smallest absolute Gasteiger partial charge is 0.0701 e. The van der Waals surface area contributed by atoms with E-state index in [0.717, 1.165) is 31.8 Å². The van der Waals surface area contributed by atoms with Gasteiger partial charge in [0.25, 0.3) is 0 Å². The summed E-state index contributed by atoms with van der Waals surface area (Å²) < 4.78 is 15.9. The van der Waals surface area contributed by atoms with E-state index in [4.69, 9.17) is 19.9 Å². The fraction of sp³-hybridized carbons (Fsp3) is 1.00. The van der Waals surface area contributed by atoms with Crippen LogP contribution in [-0.4, -0.2) is 45.7 Å². The van der Waals surface area contributed by atoms with Crippen LogP contribution < -0.4 is 5.73 Å². The second kappa shape index (κ2) is 9.09. The maximum atomic E-state index is 6.52. The molecule has 0 aliphatic heterocycles. The summed E-state index contributed by atoms with van der Waals surface area (Å²) in [6.07, 6.45) is 5.72. The summed E-state index contributed by atoms with van der Waals surface area (Å²) in [5.74, 6) is 0.810. The van der Waals surface area contributed by atoms with E-state index in [-0.39, 0.29) is 5.54 Å². The lowest BCUT2D eigenvalue weighted by Gasteiger charge is -2.42. The lowest BCUT2D eigenvalue weighted by molar-refractivity contribution is 0.0173. The largest absolute Gasteiger partial charge is 0.382 e. The van der Waals surface area contributed by atoms with Crippen molar-refractivity contribution in [3.05, 3.63) is 0 Å². The van der Waals surface area contributed by atoms with Crippen LogP contribution in [0.5, 0.6) is 0 Å². The number of hydrogen-bond acceptors (Lipinski definition) is 4. The molecule has 21 heavy (non-hydrogen) atoms. The number of rotatable bonds is 9. The van der Waals surface area contributed by atoms with Gasteiger partial charge in [-0.2, -0.15) is 0 Å². The normalized spacial score (nSPS) is 27.0. The zero-order chi connectivity index (χ0) is 15.8. The first-order chi connectivity index (χ1) is 9.87. The summed E-state index contributed by atoms with van der Waals surface area (Å²) in [6.45, 7) is 10.3. The number of nitrogens with two attached hydrogens (primary N) is 1. The molecule has 1 rings (SSSR count). The van der Waals surface area contributed by atoms with Crippen LogP contribution in [0.25, 0.3) is 0 Å². The minimum atomic E-state index is -0.0152. The first-order valence-electron chi connectivity index (χ1n) is 8.31. The lowest BCUT2D eigenvalue weighted by atomic mass is 9.67. The second-order valence-corrected chi connectivity index (χ2v) is 7.47. The van der Waals surface area contributed by atoms with Gasteiger partial charge in [-0.1, -0.05) is 20.8 Å². The molecule has 0 unspecified atom stereocenters. The van der Waals surface area contributed by atoms with Crippen LogP contribution in [0.2, 0.25) is 0 Å². The van der Waals surface area contributed by atoms with Crippen molar-refractivity contribution in [1.29, 1.82) is 0 Å². The molecule has 4 heteroatoms. The van der Waals surface area contributed by atoms with E-state index in [1.807, 2.05) is 0 Å². The Bertz CT molecular complexity index is 268. The molecule has 0 amide bonds. The molecule has 0 spiro atoms. The van der Waals surface area contributed by atoms with Crippen LogP contribution >= 0.6 is 0 Å². The molecule has 0 aromatic carbocycles. The van der Waals surface area contributed by atoms with Crippen LogP contribution in [-0.2, 0) is 14.2 Å². The van der Waals surface area contributed by atoms with E-state index in [1.54, 1.807) is 7.11 Å². The Balaban J connectivity index is 2.07. The van der Waals surface area contributed by atoms with Crippen molar-refractivity contribution in [1.82, 2.24) is 0 Å². The van der Waals surface area contributed by atoms with Crippen molar-refractivity contribution >= 4 is 0 Å². The fourth-order valence-electron chi connectivity index (χ4n) is 3.05. The summed E-state index contributed by atoms with van der Waals surface area (Å²) in [4.78, 5) is 0. The molecule has 0 heterocycles. The molecule has 0 atom stereocenters. The zero-order valence-electron chi connectivity index (χ0n) is 14.5. The van der Waals surface area contributed by atoms with E-state index in [9.17, 15) is 0 Å². The van der Waals surface area contributed by atoms with Gasteiger partial charge < -0.3 is 19.9 Å². The summed E-state index contributed by atoms with van der Waals surface area (Å²) in [5.41, 5.74) is 6.92. The predicted octanol–water partition coefficient (Wildman–Crippen LogP) is 2.99. The molecule has 0 bridgehead atoms. The van der Waals surface area contributed by atoms with Crippen LogP contribution in [0.3, 0.4) is 0 Å². The van der Waals surface area contributed by atoms with Gasteiger partial charge in [0.2, 0.25) is 0 Å². The van der Waals surface area contributed by atoms with Gasteiger partial charge in [0.15, 0.2) is 0 Å². The zero-order valence-corrected chi connectivity index (χ0v) is 14.5. The molecule has 0 radical (unpaired) electrons. The van der Waals surface area contributed by atoms with E-state index in [1.165, 1.54) is 12.8 Å². The number of ether oxygens (including phenoxy) is 3. The van der Waals surface area contributed by atoms with Crippen molar-refractivity contribution in [2.24, 2.45) is 17.1 Å². The SMILES string of the molecule is COCCOCCOCCC1(N)CCC(C(C)(C)C)CC1. The Labute approximate surface area is 130 Å². The summed E-state index contributed by atoms with van der Waals surface area (Å²) in [6, 6.07) is 0. The molecule has 0 aromatic rings. The van der Waals surface area contributed by atoms with Crippen molar-refractivity contribution in [3.8, 4) is 0 Å². The van der Waals surface area contributed by atoms with Gasteiger partial charge in [-0.3, -0.25) is 0 Å². The molecule has 0 aromatic heterocycles. The average molecular weight is 301 g/mol. The van der Waals surface area contributed by atoms with Gasteiger partial charge >= 0.3 is 0 Å². The Morgan fingerprint density at radius 1 is 0.952 bits per heavy atom. The Morgan fingerprint density at radius 3 is 2.00 bits per heavy atom. The van der Waals surface area contributed by atoms with Gasteiger partial charge in [0.05, 0.1) is 26.4 Å². The quantitative estimate of drug-likeness (QED) is 0.665. The van der Waals surface area contributed by atoms with Crippen molar-refractivity contribution in [2.45, 2.75) is 58.4 Å². The third-order valence-corrected chi connectivity index (χ3v) is 4.75.